The Kier molecular flexibility index (Phi) is 4.72. The molecule has 0 saturated carbocycles. The van der Waals surface area contributed by atoms with Crippen molar-refractivity contribution in [3.63, 3.8) is 0 Å². The topological polar surface area (TPSA) is 12.9 Å². The molecule has 0 aliphatic carbocycles. The molecule has 100 valence electrons. The lowest BCUT2D eigenvalue weighted by Gasteiger charge is -1.98. The van der Waals surface area contributed by atoms with Crippen LogP contribution in [0.3, 0.4) is 0 Å². The van der Waals surface area contributed by atoms with Crippen LogP contribution in [0.2, 0.25) is 0 Å². The van der Waals surface area contributed by atoms with Crippen molar-refractivity contribution in [3.8, 4) is 10.4 Å². The summed E-state index contributed by atoms with van der Waals surface area (Å²) in [6, 6.07) is 6.60. The Morgan fingerprint density at radius 1 is 1.21 bits per heavy atom. The second kappa shape index (κ2) is 6.31. The highest BCUT2D eigenvalue weighted by molar-refractivity contribution is 7.17. The SMILES string of the molecule is CC.CCc1sc(-c2ccnc3sccc23)cc1C. The van der Waals surface area contributed by atoms with Crippen LogP contribution in [0.1, 0.15) is 31.2 Å². The first-order valence-corrected chi connectivity index (χ1v) is 8.41. The van der Waals surface area contributed by atoms with Crippen LogP contribution in [-0.4, -0.2) is 4.98 Å². The summed E-state index contributed by atoms with van der Waals surface area (Å²) >= 11 is 3.61. The van der Waals surface area contributed by atoms with E-state index in [0.29, 0.717) is 0 Å². The molecule has 3 aromatic rings. The molecule has 0 N–H and O–H groups in total. The predicted molar refractivity (Wildman–Crippen MR) is 88.4 cm³/mol. The molecule has 0 aromatic carbocycles. The standard InChI is InChI=1S/C14H13NS2.C2H6/c1-3-12-9(2)8-13(17-12)10-4-6-15-14-11(10)5-7-16-14;1-2/h4-8H,3H2,1-2H3;1-2H3. The van der Waals surface area contributed by atoms with E-state index >= 15 is 0 Å². The van der Waals surface area contributed by atoms with Crippen molar-refractivity contribution < 1.29 is 0 Å². The van der Waals surface area contributed by atoms with Crippen molar-refractivity contribution in [3.05, 3.63) is 40.2 Å². The van der Waals surface area contributed by atoms with Crippen LogP contribution in [-0.2, 0) is 6.42 Å². The van der Waals surface area contributed by atoms with Gasteiger partial charge in [0.05, 0.1) is 0 Å². The smallest absolute Gasteiger partial charge is 0.123 e. The van der Waals surface area contributed by atoms with Crippen molar-refractivity contribution in [1.82, 2.24) is 4.98 Å². The average molecular weight is 289 g/mol. The largest absolute Gasteiger partial charge is 0.245 e. The summed E-state index contributed by atoms with van der Waals surface area (Å²) in [6.07, 6.45) is 3.03. The number of thiophene rings is 2. The average Bonchev–Trinajstić information content (AvgIpc) is 3.06. The number of pyridine rings is 1. The van der Waals surface area contributed by atoms with Crippen LogP contribution in [0.25, 0.3) is 20.7 Å². The van der Waals surface area contributed by atoms with Crippen molar-refractivity contribution in [2.45, 2.75) is 34.1 Å². The number of fused-ring (bicyclic) bond motifs is 1. The molecular weight excluding hydrogens is 270 g/mol. The van der Waals surface area contributed by atoms with Crippen LogP contribution in [0, 0.1) is 6.92 Å². The van der Waals surface area contributed by atoms with E-state index < -0.39 is 0 Å². The van der Waals surface area contributed by atoms with Crippen LogP contribution >= 0.6 is 22.7 Å². The molecule has 3 aromatic heterocycles. The minimum absolute atomic E-state index is 1.12. The Hall–Kier alpha value is -1.19. The van der Waals surface area contributed by atoms with Crippen LogP contribution in [0.5, 0.6) is 0 Å². The first-order valence-electron chi connectivity index (χ1n) is 6.71. The molecule has 0 radical (unpaired) electrons. The summed E-state index contributed by atoms with van der Waals surface area (Å²) in [5, 5.41) is 3.39. The minimum Gasteiger partial charge on any atom is -0.245 e. The van der Waals surface area contributed by atoms with E-state index in [2.05, 4.69) is 42.4 Å². The highest BCUT2D eigenvalue weighted by Gasteiger charge is 2.10. The number of aromatic nitrogens is 1. The monoisotopic (exact) mass is 289 g/mol. The Labute approximate surface area is 123 Å². The van der Waals surface area contributed by atoms with Gasteiger partial charge in [0.1, 0.15) is 4.83 Å². The van der Waals surface area contributed by atoms with Gasteiger partial charge in [-0.05, 0) is 42.5 Å². The van der Waals surface area contributed by atoms with Gasteiger partial charge in [-0.3, -0.25) is 0 Å². The Balaban J connectivity index is 0.000000637. The summed E-state index contributed by atoms with van der Waals surface area (Å²) in [5.74, 6) is 0. The van der Waals surface area contributed by atoms with E-state index in [1.165, 1.54) is 26.3 Å². The van der Waals surface area contributed by atoms with Crippen LogP contribution in [0.15, 0.2) is 29.8 Å². The molecule has 0 amide bonds. The van der Waals surface area contributed by atoms with Crippen molar-refractivity contribution in [2.24, 2.45) is 0 Å². The van der Waals surface area contributed by atoms with Gasteiger partial charge in [0.15, 0.2) is 0 Å². The summed E-state index contributed by atoms with van der Waals surface area (Å²) < 4.78 is 0. The number of rotatable bonds is 2. The third-order valence-corrected chi connectivity index (χ3v) is 5.21. The molecule has 3 heteroatoms. The van der Waals surface area contributed by atoms with E-state index in [0.717, 1.165) is 11.3 Å². The zero-order valence-electron chi connectivity index (χ0n) is 11.9. The van der Waals surface area contributed by atoms with E-state index in [4.69, 9.17) is 0 Å². The highest BCUT2D eigenvalue weighted by atomic mass is 32.1. The van der Waals surface area contributed by atoms with Gasteiger partial charge in [0.2, 0.25) is 0 Å². The third kappa shape index (κ3) is 2.72. The molecule has 0 bridgehead atoms. The summed E-state index contributed by atoms with van der Waals surface area (Å²) in [5.41, 5.74) is 2.73. The molecule has 0 fully saturated rings. The van der Waals surface area contributed by atoms with Gasteiger partial charge in [0.25, 0.3) is 0 Å². The zero-order valence-corrected chi connectivity index (χ0v) is 13.5. The maximum Gasteiger partial charge on any atom is 0.123 e. The molecule has 0 aliphatic heterocycles. The fourth-order valence-corrected chi connectivity index (χ4v) is 4.01. The van der Waals surface area contributed by atoms with E-state index in [1.54, 1.807) is 11.3 Å². The molecular formula is C16H19NS2. The lowest BCUT2D eigenvalue weighted by atomic mass is 10.1. The van der Waals surface area contributed by atoms with Gasteiger partial charge in [-0.2, -0.15) is 0 Å². The summed E-state index contributed by atoms with van der Waals surface area (Å²) in [6.45, 7) is 8.42. The molecule has 3 heterocycles. The number of nitrogens with zero attached hydrogens (tertiary/aromatic N) is 1. The normalized spacial score (nSPS) is 10.3. The maximum atomic E-state index is 4.40. The second-order valence-corrected chi connectivity index (χ2v) is 6.10. The number of hydrogen-bond donors (Lipinski definition) is 0. The second-order valence-electron chi connectivity index (χ2n) is 4.07. The highest BCUT2D eigenvalue weighted by Crippen LogP contribution is 2.36. The Morgan fingerprint density at radius 2 is 2.00 bits per heavy atom. The van der Waals surface area contributed by atoms with Crippen molar-refractivity contribution >= 4 is 32.9 Å². The van der Waals surface area contributed by atoms with Gasteiger partial charge in [0, 0.05) is 26.9 Å². The van der Waals surface area contributed by atoms with Gasteiger partial charge in [-0.25, -0.2) is 4.98 Å². The predicted octanol–water partition coefficient (Wildman–Crippen LogP) is 5.92. The summed E-state index contributed by atoms with van der Waals surface area (Å²) in [4.78, 5) is 8.38. The fraction of sp³-hybridized carbons (Fsp3) is 0.312. The third-order valence-electron chi connectivity index (χ3n) is 2.98. The lowest BCUT2D eigenvalue weighted by Crippen LogP contribution is -1.76. The van der Waals surface area contributed by atoms with Gasteiger partial charge < -0.3 is 0 Å². The first kappa shape index (κ1) is 14.2. The maximum absolute atomic E-state index is 4.40. The fourth-order valence-electron chi connectivity index (χ4n) is 2.09. The van der Waals surface area contributed by atoms with Crippen LogP contribution in [0.4, 0.5) is 0 Å². The molecule has 0 aliphatic rings. The molecule has 3 rings (SSSR count). The Bertz CT molecular complexity index is 664. The van der Waals surface area contributed by atoms with Gasteiger partial charge in [-0.1, -0.05) is 20.8 Å². The number of hydrogen-bond acceptors (Lipinski definition) is 3. The molecule has 1 nitrogen and oxygen atoms in total. The van der Waals surface area contributed by atoms with Crippen LogP contribution < -0.4 is 0 Å². The molecule has 0 spiro atoms. The van der Waals surface area contributed by atoms with E-state index in [-0.39, 0.29) is 0 Å². The zero-order chi connectivity index (χ0) is 13.8. The van der Waals surface area contributed by atoms with Crippen molar-refractivity contribution in [2.75, 3.05) is 0 Å². The quantitative estimate of drug-likeness (QED) is 0.570. The van der Waals surface area contributed by atoms with E-state index in [1.807, 2.05) is 31.4 Å². The Morgan fingerprint density at radius 3 is 2.68 bits per heavy atom. The molecule has 0 unspecified atom stereocenters. The molecule has 0 saturated heterocycles. The molecule has 19 heavy (non-hydrogen) atoms. The van der Waals surface area contributed by atoms with Gasteiger partial charge in [-0.15, -0.1) is 22.7 Å². The first-order chi connectivity index (χ1) is 9.29. The lowest BCUT2D eigenvalue weighted by molar-refractivity contribution is 1.16. The minimum atomic E-state index is 1.12. The van der Waals surface area contributed by atoms with E-state index in [9.17, 15) is 0 Å². The number of aryl methyl sites for hydroxylation is 2. The summed E-state index contributed by atoms with van der Waals surface area (Å²) in [7, 11) is 0. The van der Waals surface area contributed by atoms with Gasteiger partial charge >= 0.3 is 0 Å². The van der Waals surface area contributed by atoms with Crippen molar-refractivity contribution in [1.29, 1.82) is 0 Å². The molecule has 0 atom stereocenters.